The van der Waals surface area contributed by atoms with Crippen molar-refractivity contribution in [3.63, 3.8) is 0 Å². The SMILES string of the molecule is COc1ccc(C(=O)Nc2c(Cl)cncc2Cl)cc1OC1COCC1OC. The Hall–Kier alpha value is -2.06. The number of anilines is 1. The summed E-state index contributed by atoms with van der Waals surface area (Å²) in [5, 5.41) is 3.17. The van der Waals surface area contributed by atoms with E-state index in [9.17, 15) is 4.79 Å². The molecule has 1 aliphatic rings. The topological polar surface area (TPSA) is 78.9 Å². The fourth-order valence-corrected chi connectivity index (χ4v) is 3.09. The third kappa shape index (κ3) is 4.44. The van der Waals surface area contributed by atoms with Gasteiger partial charge in [-0.1, -0.05) is 23.2 Å². The highest BCUT2D eigenvalue weighted by Gasteiger charge is 2.31. The number of ether oxygens (including phenoxy) is 4. The summed E-state index contributed by atoms with van der Waals surface area (Å²) in [6.07, 6.45) is 2.31. The predicted molar refractivity (Wildman–Crippen MR) is 101 cm³/mol. The minimum atomic E-state index is -0.400. The summed E-state index contributed by atoms with van der Waals surface area (Å²) in [4.78, 5) is 16.5. The standard InChI is InChI=1S/C18H18Cl2N2O5/c1-24-13-4-3-10(5-14(13)27-16-9-26-8-15(16)25-2)18(23)22-17-11(19)6-21-7-12(17)20/h3-7,15-16H,8-9H2,1-2H3,(H,21,22,23). The number of hydrogen-bond donors (Lipinski definition) is 1. The maximum Gasteiger partial charge on any atom is 0.255 e. The number of pyridine rings is 1. The number of aromatic nitrogens is 1. The van der Waals surface area contributed by atoms with Gasteiger partial charge in [0.05, 0.1) is 36.1 Å². The van der Waals surface area contributed by atoms with Crippen LogP contribution in [0, 0.1) is 0 Å². The number of benzene rings is 1. The van der Waals surface area contributed by atoms with Crippen LogP contribution in [-0.4, -0.2) is 50.5 Å². The van der Waals surface area contributed by atoms with Crippen molar-refractivity contribution in [2.75, 3.05) is 32.8 Å². The number of carbonyl (C=O) groups is 1. The average molecular weight is 413 g/mol. The Morgan fingerprint density at radius 3 is 2.52 bits per heavy atom. The van der Waals surface area contributed by atoms with E-state index in [1.165, 1.54) is 19.5 Å². The van der Waals surface area contributed by atoms with Gasteiger partial charge >= 0.3 is 0 Å². The minimum Gasteiger partial charge on any atom is -0.493 e. The minimum absolute atomic E-state index is 0.193. The first kappa shape index (κ1) is 19.7. The number of methoxy groups -OCH3 is 2. The van der Waals surface area contributed by atoms with Gasteiger partial charge in [-0.05, 0) is 18.2 Å². The fraction of sp³-hybridized carbons (Fsp3) is 0.333. The van der Waals surface area contributed by atoms with Crippen LogP contribution in [0.15, 0.2) is 30.6 Å². The number of rotatable bonds is 6. The van der Waals surface area contributed by atoms with E-state index in [0.717, 1.165) is 0 Å². The third-order valence-electron chi connectivity index (χ3n) is 4.08. The number of hydrogen-bond acceptors (Lipinski definition) is 6. The summed E-state index contributed by atoms with van der Waals surface area (Å²) in [6.45, 7) is 0.836. The number of nitrogens with one attached hydrogen (secondary N) is 1. The molecule has 0 spiro atoms. The van der Waals surface area contributed by atoms with E-state index in [1.54, 1.807) is 25.3 Å². The molecular formula is C18H18Cl2N2O5. The molecule has 7 nitrogen and oxygen atoms in total. The first-order valence-corrected chi connectivity index (χ1v) is 8.84. The molecule has 1 amide bonds. The van der Waals surface area contributed by atoms with Crippen molar-refractivity contribution < 1.29 is 23.7 Å². The van der Waals surface area contributed by atoms with Crippen LogP contribution in [0.4, 0.5) is 5.69 Å². The van der Waals surface area contributed by atoms with Gasteiger partial charge in [-0.15, -0.1) is 0 Å². The van der Waals surface area contributed by atoms with Gasteiger partial charge in [-0.2, -0.15) is 0 Å². The fourth-order valence-electron chi connectivity index (χ4n) is 2.63. The van der Waals surface area contributed by atoms with Gasteiger partial charge in [0.15, 0.2) is 17.6 Å². The van der Waals surface area contributed by atoms with Crippen molar-refractivity contribution in [3.05, 3.63) is 46.2 Å². The molecule has 2 aromatic rings. The quantitative estimate of drug-likeness (QED) is 0.782. The van der Waals surface area contributed by atoms with Crippen LogP contribution < -0.4 is 14.8 Å². The van der Waals surface area contributed by atoms with E-state index in [0.29, 0.717) is 36.0 Å². The molecule has 1 fully saturated rings. The second kappa shape index (κ2) is 8.75. The summed E-state index contributed by atoms with van der Waals surface area (Å²) in [7, 11) is 3.12. The lowest BCUT2D eigenvalue weighted by molar-refractivity contribution is 0.0315. The van der Waals surface area contributed by atoms with Crippen molar-refractivity contribution in [3.8, 4) is 11.5 Å². The molecule has 3 rings (SSSR count). The summed E-state index contributed by atoms with van der Waals surface area (Å²) >= 11 is 12.1. The van der Waals surface area contributed by atoms with Gasteiger partial charge < -0.3 is 24.3 Å². The maximum atomic E-state index is 12.6. The van der Waals surface area contributed by atoms with Gasteiger partial charge in [0.2, 0.25) is 0 Å². The van der Waals surface area contributed by atoms with Crippen molar-refractivity contribution in [2.24, 2.45) is 0 Å². The molecule has 1 N–H and O–H groups in total. The molecule has 0 aliphatic carbocycles. The van der Waals surface area contributed by atoms with Gasteiger partial charge in [0.25, 0.3) is 5.91 Å². The average Bonchev–Trinajstić information content (AvgIpc) is 3.11. The highest BCUT2D eigenvalue weighted by atomic mass is 35.5. The van der Waals surface area contributed by atoms with E-state index < -0.39 is 5.91 Å². The van der Waals surface area contributed by atoms with Crippen LogP contribution in [0.5, 0.6) is 11.5 Å². The molecule has 144 valence electrons. The highest BCUT2D eigenvalue weighted by molar-refractivity contribution is 6.39. The molecule has 9 heteroatoms. The van der Waals surface area contributed by atoms with E-state index in [2.05, 4.69) is 10.3 Å². The van der Waals surface area contributed by atoms with E-state index in [4.69, 9.17) is 42.1 Å². The molecular weight excluding hydrogens is 395 g/mol. The Balaban J connectivity index is 1.83. The molecule has 27 heavy (non-hydrogen) atoms. The molecule has 1 aliphatic heterocycles. The normalized spacial score (nSPS) is 19.0. The number of amides is 1. The monoisotopic (exact) mass is 412 g/mol. The Morgan fingerprint density at radius 1 is 1.15 bits per heavy atom. The lowest BCUT2D eigenvalue weighted by atomic mass is 10.1. The Bertz CT molecular complexity index is 813. The summed E-state index contributed by atoms with van der Waals surface area (Å²) in [5.41, 5.74) is 0.642. The number of nitrogens with zero attached hydrogens (tertiary/aromatic N) is 1. The predicted octanol–water partition coefficient (Wildman–Crippen LogP) is 3.44. The van der Waals surface area contributed by atoms with Crippen LogP contribution in [-0.2, 0) is 9.47 Å². The number of carbonyl (C=O) groups excluding carboxylic acids is 1. The Kier molecular flexibility index (Phi) is 6.38. The van der Waals surface area contributed by atoms with E-state index in [1.807, 2.05) is 0 Å². The van der Waals surface area contributed by atoms with Crippen LogP contribution in [0.2, 0.25) is 10.0 Å². The van der Waals surface area contributed by atoms with Crippen LogP contribution in [0.1, 0.15) is 10.4 Å². The molecule has 2 heterocycles. The van der Waals surface area contributed by atoms with E-state index in [-0.39, 0.29) is 22.3 Å². The van der Waals surface area contributed by atoms with Gasteiger partial charge in [-0.3, -0.25) is 9.78 Å². The first-order valence-electron chi connectivity index (χ1n) is 8.09. The summed E-state index contributed by atoms with van der Waals surface area (Å²) in [6, 6.07) is 4.85. The van der Waals surface area contributed by atoms with Crippen molar-refractivity contribution >= 4 is 34.8 Å². The van der Waals surface area contributed by atoms with Crippen molar-refractivity contribution in [1.29, 1.82) is 0 Å². The largest absolute Gasteiger partial charge is 0.493 e. The Labute approximate surface area is 166 Å². The van der Waals surface area contributed by atoms with Gasteiger partial charge in [0, 0.05) is 25.1 Å². The highest BCUT2D eigenvalue weighted by Crippen LogP contribution is 2.32. The molecule has 1 saturated heterocycles. The van der Waals surface area contributed by atoms with Crippen LogP contribution in [0.3, 0.4) is 0 Å². The van der Waals surface area contributed by atoms with Crippen molar-refractivity contribution in [2.45, 2.75) is 12.2 Å². The van der Waals surface area contributed by atoms with E-state index >= 15 is 0 Å². The zero-order valence-electron chi connectivity index (χ0n) is 14.7. The second-order valence-electron chi connectivity index (χ2n) is 5.77. The molecule has 2 atom stereocenters. The van der Waals surface area contributed by atoms with Gasteiger partial charge in [0.1, 0.15) is 6.10 Å². The van der Waals surface area contributed by atoms with Crippen LogP contribution >= 0.6 is 23.2 Å². The van der Waals surface area contributed by atoms with Gasteiger partial charge in [-0.25, -0.2) is 0 Å². The molecule has 2 unspecified atom stereocenters. The lowest BCUT2D eigenvalue weighted by Gasteiger charge is -2.20. The second-order valence-corrected chi connectivity index (χ2v) is 6.58. The first-order chi connectivity index (χ1) is 13.0. The van der Waals surface area contributed by atoms with Crippen molar-refractivity contribution in [1.82, 2.24) is 4.98 Å². The zero-order valence-corrected chi connectivity index (χ0v) is 16.2. The third-order valence-corrected chi connectivity index (χ3v) is 4.65. The lowest BCUT2D eigenvalue weighted by Crippen LogP contribution is -2.31. The molecule has 1 aromatic carbocycles. The van der Waals surface area contributed by atoms with Crippen LogP contribution in [0.25, 0.3) is 0 Å². The zero-order chi connectivity index (χ0) is 19.4. The molecule has 0 bridgehead atoms. The molecule has 0 saturated carbocycles. The molecule has 0 radical (unpaired) electrons. The smallest absolute Gasteiger partial charge is 0.255 e. The number of halogens is 2. The summed E-state index contributed by atoms with van der Waals surface area (Å²) < 4.78 is 22.0. The maximum absolute atomic E-state index is 12.6. The Morgan fingerprint density at radius 2 is 1.85 bits per heavy atom. The summed E-state index contributed by atoms with van der Waals surface area (Å²) in [5.74, 6) is 0.506. The molecule has 1 aromatic heterocycles.